The van der Waals surface area contributed by atoms with E-state index < -0.39 is 0 Å². The molecule has 106 valence electrons. The molecular formula is C13H24N6. The molecule has 0 aromatic carbocycles. The van der Waals surface area contributed by atoms with Gasteiger partial charge in [0.25, 0.3) is 0 Å². The lowest BCUT2D eigenvalue weighted by molar-refractivity contribution is 0.311. The zero-order chi connectivity index (χ0) is 14.0. The van der Waals surface area contributed by atoms with E-state index in [-0.39, 0.29) is 5.41 Å². The first-order valence-electron chi connectivity index (χ1n) is 6.70. The Kier molecular flexibility index (Phi) is 3.91. The van der Waals surface area contributed by atoms with Gasteiger partial charge in [0.1, 0.15) is 5.82 Å². The Bertz CT molecular complexity index is 431. The molecule has 1 aliphatic heterocycles. The predicted molar refractivity (Wildman–Crippen MR) is 78.3 cm³/mol. The van der Waals surface area contributed by atoms with Crippen molar-refractivity contribution in [1.29, 1.82) is 0 Å². The third-order valence-electron chi connectivity index (χ3n) is 3.42. The monoisotopic (exact) mass is 264 g/mol. The Balaban J connectivity index is 2.29. The fourth-order valence-electron chi connectivity index (χ4n) is 2.04. The molecule has 1 fully saturated rings. The van der Waals surface area contributed by atoms with Gasteiger partial charge in [-0.3, -0.25) is 0 Å². The maximum absolute atomic E-state index is 5.52. The van der Waals surface area contributed by atoms with E-state index in [0.717, 1.165) is 37.8 Å². The van der Waals surface area contributed by atoms with Gasteiger partial charge in [-0.1, -0.05) is 20.8 Å². The summed E-state index contributed by atoms with van der Waals surface area (Å²) in [7, 11) is 2.14. The molecule has 0 aliphatic carbocycles. The number of nitrogens with zero attached hydrogens (tertiary/aromatic N) is 4. The van der Waals surface area contributed by atoms with E-state index in [0.29, 0.717) is 5.82 Å². The molecule has 0 spiro atoms. The first kappa shape index (κ1) is 14.0. The van der Waals surface area contributed by atoms with Crippen LogP contribution < -0.4 is 16.2 Å². The van der Waals surface area contributed by atoms with Gasteiger partial charge in [-0.25, -0.2) is 10.8 Å². The number of anilines is 2. The molecule has 0 saturated carbocycles. The van der Waals surface area contributed by atoms with Gasteiger partial charge in [-0.15, -0.1) is 0 Å². The van der Waals surface area contributed by atoms with Crippen LogP contribution in [0.3, 0.4) is 0 Å². The number of hydrazine groups is 1. The molecule has 1 saturated heterocycles. The van der Waals surface area contributed by atoms with Crippen molar-refractivity contribution in [3.05, 3.63) is 11.8 Å². The minimum absolute atomic E-state index is 0.0180. The number of hydrogen-bond donors (Lipinski definition) is 2. The van der Waals surface area contributed by atoms with E-state index >= 15 is 0 Å². The van der Waals surface area contributed by atoms with Crippen LogP contribution in [0.4, 0.5) is 11.8 Å². The number of nitrogen functional groups attached to an aromatic ring is 1. The number of nitrogens with one attached hydrogen (secondary N) is 1. The SMILES string of the molecule is CN1CCN(c2nc(NN)cc(C(C)(C)C)n2)CC1. The van der Waals surface area contributed by atoms with Gasteiger partial charge >= 0.3 is 0 Å². The molecule has 2 rings (SSSR count). The number of nitrogens with two attached hydrogens (primary N) is 1. The van der Waals surface area contributed by atoms with Crippen molar-refractivity contribution < 1.29 is 0 Å². The van der Waals surface area contributed by atoms with Crippen LogP contribution in [0.1, 0.15) is 26.5 Å². The van der Waals surface area contributed by atoms with Gasteiger partial charge in [-0.2, -0.15) is 4.98 Å². The van der Waals surface area contributed by atoms with Gasteiger partial charge in [0.2, 0.25) is 5.95 Å². The molecule has 0 amide bonds. The summed E-state index contributed by atoms with van der Waals surface area (Å²) in [5, 5.41) is 0. The molecule has 3 N–H and O–H groups in total. The molecule has 6 nitrogen and oxygen atoms in total. The fraction of sp³-hybridized carbons (Fsp3) is 0.692. The zero-order valence-corrected chi connectivity index (χ0v) is 12.3. The standard InChI is InChI=1S/C13H24N6/c1-13(2,3)10-9-11(17-14)16-12(15-10)19-7-5-18(4)6-8-19/h9H,5-8,14H2,1-4H3,(H,15,16,17). The average molecular weight is 264 g/mol. The summed E-state index contributed by atoms with van der Waals surface area (Å²) >= 11 is 0. The maximum atomic E-state index is 5.52. The highest BCUT2D eigenvalue weighted by Gasteiger charge is 2.22. The maximum Gasteiger partial charge on any atom is 0.227 e. The number of rotatable bonds is 2. The van der Waals surface area contributed by atoms with E-state index in [9.17, 15) is 0 Å². The highest BCUT2D eigenvalue weighted by molar-refractivity contribution is 5.44. The lowest BCUT2D eigenvalue weighted by atomic mass is 9.92. The normalized spacial score (nSPS) is 17.6. The number of likely N-dealkylation sites (N-methyl/N-ethyl adjacent to an activating group) is 1. The highest BCUT2D eigenvalue weighted by atomic mass is 15.3. The van der Waals surface area contributed by atoms with Gasteiger partial charge in [0.05, 0.1) is 5.69 Å². The molecule has 0 atom stereocenters. The van der Waals surface area contributed by atoms with Crippen LogP contribution >= 0.6 is 0 Å². The largest absolute Gasteiger partial charge is 0.338 e. The lowest BCUT2D eigenvalue weighted by Gasteiger charge is -2.33. The van der Waals surface area contributed by atoms with E-state index in [1.165, 1.54) is 0 Å². The summed E-state index contributed by atoms with van der Waals surface area (Å²) in [6, 6.07) is 1.92. The fourth-order valence-corrected chi connectivity index (χ4v) is 2.04. The van der Waals surface area contributed by atoms with Crippen molar-refractivity contribution in [3.8, 4) is 0 Å². The molecule has 0 radical (unpaired) electrons. The Hall–Kier alpha value is -1.40. The molecule has 19 heavy (non-hydrogen) atoms. The molecule has 1 aromatic heterocycles. The minimum Gasteiger partial charge on any atom is -0.338 e. The van der Waals surface area contributed by atoms with Gasteiger partial charge in [0, 0.05) is 37.7 Å². The Morgan fingerprint density at radius 3 is 2.32 bits per heavy atom. The molecule has 2 heterocycles. The zero-order valence-electron chi connectivity index (χ0n) is 12.3. The first-order valence-corrected chi connectivity index (χ1v) is 6.70. The summed E-state index contributed by atoms with van der Waals surface area (Å²) < 4.78 is 0. The van der Waals surface area contributed by atoms with Crippen molar-refractivity contribution in [2.45, 2.75) is 26.2 Å². The van der Waals surface area contributed by atoms with Crippen LogP contribution in [0.5, 0.6) is 0 Å². The van der Waals surface area contributed by atoms with Crippen molar-refractivity contribution in [2.75, 3.05) is 43.6 Å². The van der Waals surface area contributed by atoms with Crippen LogP contribution in [0.2, 0.25) is 0 Å². The summed E-state index contributed by atoms with van der Waals surface area (Å²) in [6.07, 6.45) is 0. The van der Waals surface area contributed by atoms with Gasteiger partial charge in [0.15, 0.2) is 0 Å². The van der Waals surface area contributed by atoms with Gasteiger partial charge < -0.3 is 15.2 Å². The van der Waals surface area contributed by atoms with Crippen molar-refractivity contribution in [3.63, 3.8) is 0 Å². The van der Waals surface area contributed by atoms with Crippen LogP contribution in [0.25, 0.3) is 0 Å². The van der Waals surface area contributed by atoms with Crippen molar-refractivity contribution in [2.24, 2.45) is 5.84 Å². The lowest BCUT2D eigenvalue weighted by Crippen LogP contribution is -2.45. The van der Waals surface area contributed by atoms with Crippen LogP contribution in [-0.2, 0) is 5.41 Å². The third kappa shape index (κ3) is 3.33. The third-order valence-corrected chi connectivity index (χ3v) is 3.42. The summed E-state index contributed by atoms with van der Waals surface area (Å²) in [5.41, 5.74) is 3.63. The Morgan fingerprint density at radius 2 is 1.79 bits per heavy atom. The quantitative estimate of drug-likeness (QED) is 0.608. The second-order valence-corrected chi connectivity index (χ2v) is 6.12. The van der Waals surface area contributed by atoms with Crippen LogP contribution in [0.15, 0.2) is 6.07 Å². The number of aromatic nitrogens is 2. The molecule has 1 aromatic rings. The second kappa shape index (κ2) is 5.30. The molecule has 1 aliphatic rings. The molecular weight excluding hydrogens is 240 g/mol. The van der Waals surface area contributed by atoms with E-state index in [1.807, 2.05) is 6.07 Å². The summed E-state index contributed by atoms with van der Waals surface area (Å²) in [4.78, 5) is 13.7. The van der Waals surface area contributed by atoms with Crippen molar-refractivity contribution in [1.82, 2.24) is 14.9 Å². The smallest absolute Gasteiger partial charge is 0.227 e. The molecule has 0 unspecified atom stereocenters. The summed E-state index contributed by atoms with van der Waals surface area (Å²) in [5.74, 6) is 6.96. The first-order chi connectivity index (χ1) is 8.90. The highest BCUT2D eigenvalue weighted by Crippen LogP contribution is 2.24. The van der Waals surface area contributed by atoms with Crippen LogP contribution in [-0.4, -0.2) is 48.1 Å². The summed E-state index contributed by atoms with van der Waals surface area (Å²) in [6.45, 7) is 10.4. The van der Waals surface area contributed by atoms with Crippen molar-refractivity contribution >= 4 is 11.8 Å². The number of piperazine rings is 1. The molecule has 6 heteroatoms. The Labute approximate surface area is 115 Å². The van der Waals surface area contributed by atoms with E-state index in [2.05, 4.69) is 48.0 Å². The second-order valence-electron chi connectivity index (χ2n) is 6.12. The topological polar surface area (TPSA) is 70.3 Å². The Morgan fingerprint density at radius 1 is 1.16 bits per heavy atom. The van der Waals surface area contributed by atoms with Crippen LogP contribution in [0, 0.1) is 0 Å². The molecule has 0 bridgehead atoms. The van der Waals surface area contributed by atoms with E-state index in [4.69, 9.17) is 10.8 Å². The van der Waals surface area contributed by atoms with Gasteiger partial charge in [-0.05, 0) is 7.05 Å². The predicted octanol–water partition coefficient (Wildman–Crippen LogP) is 0.812. The average Bonchev–Trinajstić information content (AvgIpc) is 2.38. The number of hydrogen-bond acceptors (Lipinski definition) is 6. The van der Waals surface area contributed by atoms with E-state index in [1.54, 1.807) is 0 Å². The minimum atomic E-state index is -0.0180.